The number of nitrogens with zero attached hydrogens (tertiary/aromatic N) is 2. The zero-order valence-corrected chi connectivity index (χ0v) is 12.4. The van der Waals surface area contributed by atoms with E-state index in [1.807, 2.05) is 39.8 Å². The maximum atomic E-state index is 5.88. The van der Waals surface area contributed by atoms with E-state index in [0.29, 0.717) is 13.0 Å². The number of hydrogen-bond donors (Lipinski definition) is 1. The fourth-order valence-electron chi connectivity index (χ4n) is 2.04. The second-order valence-electron chi connectivity index (χ2n) is 5.17. The monoisotopic (exact) mass is 275 g/mol. The maximum Gasteiger partial charge on any atom is 0.141 e. The zero-order chi connectivity index (χ0) is 14.7. The van der Waals surface area contributed by atoms with Crippen LogP contribution in [0.3, 0.4) is 0 Å². The first-order chi connectivity index (χ1) is 9.47. The average Bonchev–Trinajstić information content (AvgIpc) is 2.68. The van der Waals surface area contributed by atoms with Crippen molar-refractivity contribution in [1.29, 1.82) is 0 Å². The number of pyridine rings is 1. The topological polar surface area (TPSA) is 74.2 Å². The van der Waals surface area contributed by atoms with Crippen molar-refractivity contribution in [2.24, 2.45) is 5.73 Å². The molecule has 108 valence electrons. The SMILES string of the molecule is Cc1ccc(OCc2c(C)noc2C)c(CC(C)N)n1. The molecule has 1 atom stereocenters. The predicted molar refractivity (Wildman–Crippen MR) is 76.6 cm³/mol. The summed E-state index contributed by atoms with van der Waals surface area (Å²) in [5.41, 5.74) is 9.56. The molecule has 0 saturated carbocycles. The molecule has 20 heavy (non-hydrogen) atoms. The van der Waals surface area contributed by atoms with Crippen LogP contribution in [0.2, 0.25) is 0 Å². The number of rotatable bonds is 5. The molecule has 1 unspecified atom stereocenters. The van der Waals surface area contributed by atoms with Crippen molar-refractivity contribution < 1.29 is 9.26 Å². The highest BCUT2D eigenvalue weighted by atomic mass is 16.5. The van der Waals surface area contributed by atoms with Crippen LogP contribution in [0.4, 0.5) is 0 Å². The van der Waals surface area contributed by atoms with Crippen LogP contribution in [0.1, 0.15) is 35.3 Å². The summed E-state index contributed by atoms with van der Waals surface area (Å²) in [7, 11) is 0. The molecule has 0 fully saturated rings. The van der Waals surface area contributed by atoms with Crippen LogP contribution in [-0.4, -0.2) is 16.2 Å². The minimum absolute atomic E-state index is 0.0470. The molecule has 2 heterocycles. The van der Waals surface area contributed by atoms with Gasteiger partial charge in [-0.2, -0.15) is 0 Å². The van der Waals surface area contributed by atoms with Crippen LogP contribution in [0, 0.1) is 20.8 Å². The van der Waals surface area contributed by atoms with Crippen LogP contribution >= 0.6 is 0 Å². The highest BCUT2D eigenvalue weighted by Gasteiger charge is 2.12. The van der Waals surface area contributed by atoms with Gasteiger partial charge < -0.3 is 15.0 Å². The van der Waals surface area contributed by atoms with Crippen molar-refractivity contribution in [3.05, 3.63) is 40.5 Å². The lowest BCUT2D eigenvalue weighted by Crippen LogP contribution is -2.19. The van der Waals surface area contributed by atoms with Gasteiger partial charge in [0.2, 0.25) is 0 Å². The van der Waals surface area contributed by atoms with Crippen LogP contribution in [-0.2, 0) is 13.0 Å². The lowest BCUT2D eigenvalue weighted by molar-refractivity contribution is 0.296. The van der Waals surface area contributed by atoms with E-state index >= 15 is 0 Å². The molecule has 0 aromatic carbocycles. The summed E-state index contributed by atoms with van der Waals surface area (Å²) in [4.78, 5) is 4.51. The Balaban J connectivity index is 2.17. The molecule has 5 heteroatoms. The molecule has 2 rings (SSSR count). The van der Waals surface area contributed by atoms with E-state index in [1.54, 1.807) is 0 Å². The van der Waals surface area contributed by atoms with Gasteiger partial charge in [-0.25, -0.2) is 0 Å². The summed E-state index contributed by atoms with van der Waals surface area (Å²) in [5.74, 6) is 1.56. The molecular weight excluding hydrogens is 254 g/mol. The number of nitrogens with two attached hydrogens (primary N) is 1. The first-order valence-electron chi connectivity index (χ1n) is 6.74. The molecule has 2 aromatic heterocycles. The molecule has 0 aliphatic rings. The second-order valence-corrected chi connectivity index (χ2v) is 5.17. The Labute approximate surface area is 119 Å². The summed E-state index contributed by atoms with van der Waals surface area (Å²) in [5, 5.41) is 3.92. The normalized spacial score (nSPS) is 12.4. The Bertz CT molecular complexity index is 571. The van der Waals surface area contributed by atoms with E-state index in [1.165, 1.54) is 0 Å². The van der Waals surface area contributed by atoms with Gasteiger partial charge in [-0.1, -0.05) is 5.16 Å². The van der Waals surface area contributed by atoms with Gasteiger partial charge in [-0.15, -0.1) is 0 Å². The minimum atomic E-state index is 0.0470. The molecule has 0 aliphatic carbocycles. The van der Waals surface area contributed by atoms with E-state index < -0.39 is 0 Å². The zero-order valence-electron chi connectivity index (χ0n) is 12.4. The Morgan fingerprint density at radius 3 is 2.65 bits per heavy atom. The summed E-state index contributed by atoms with van der Waals surface area (Å²) < 4.78 is 11.0. The van der Waals surface area contributed by atoms with Gasteiger partial charge in [0.05, 0.1) is 17.0 Å². The first-order valence-corrected chi connectivity index (χ1v) is 6.74. The van der Waals surface area contributed by atoms with Gasteiger partial charge in [-0.05, 0) is 39.8 Å². The van der Waals surface area contributed by atoms with Crippen molar-refractivity contribution in [2.75, 3.05) is 0 Å². The third-order valence-corrected chi connectivity index (χ3v) is 3.14. The van der Waals surface area contributed by atoms with Crippen molar-refractivity contribution in [3.8, 4) is 5.75 Å². The van der Waals surface area contributed by atoms with Crippen molar-refractivity contribution >= 4 is 0 Å². The van der Waals surface area contributed by atoms with E-state index in [9.17, 15) is 0 Å². The van der Waals surface area contributed by atoms with Gasteiger partial charge in [-0.3, -0.25) is 4.98 Å². The molecule has 2 aromatic rings. The highest BCUT2D eigenvalue weighted by Crippen LogP contribution is 2.21. The molecular formula is C15H21N3O2. The van der Waals surface area contributed by atoms with E-state index in [0.717, 1.165) is 34.2 Å². The van der Waals surface area contributed by atoms with Gasteiger partial charge >= 0.3 is 0 Å². The van der Waals surface area contributed by atoms with Crippen molar-refractivity contribution in [1.82, 2.24) is 10.1 Å². The summed E-state index contributed by atoms with van der Waals surface area (Å²) in [6.45, 7) is 8.14. The molecule has 5 nitrogen and oxygen atoms in total. The third kappa shape index (κ3) is 3.36. The van der Waals surface area contributed by atoms with Crippen molar-refractivity contribution in [3.63, 3.8) is 0 Å². The fraction of sp³-hybridized carbons (Fsp3) is 0.467. The van der Waals surface area contributed by atoms with Gasteiger partial charge in [0.1, 0.15) is 18.1 Å². The molecule has 0 bridgehead atoms. The van der Waals surface area contributed by atoms with Gasteiger partial charge in [0.15, 0.2) is 0 Å². The third-order valence-electron chi connectivity index (χ3n) is 3.14. The fourth-order valence-corrected chi connectivity index (χ4v) is 2.04. The maximum absolute atomic E-state index is 5.88. The summed E-state index contributed by atoms with van der Waals surface area (Å²) in [6, 6.07) is 3.93. The minimum Gasteiger partial charge on any atom is -0.487 e. The predicted octanol–water partition coefficient (Wildman–Crippen LogP) is 2.46. The summed E-state index contributed by atoms with van der Waals surface area (Å²) in [6.07, 6.45) is 0.693. The number of ether oxygens (including phenoxy) is 1. The highest BCUT2D eigenvalue weighted by molar-refractivity contribution is 5.31. The van der Waals surface area contributed by atoms with Crippen LogP contribution in [0.5, 0.6) is 5.75 Å². The van der Waals surface area contributed by atoms with E-state index in [-0.39, 0.29) is 6.04 Å². The quantitative estimate of drug-likeness (QED) is 0.907. The Kier molecular flexibility index (Phi) is 4.39. The van der Waals surface area contributed by atoms with Crippen molar-refractivity contribution in [2.45, 2.75) is 46.8 Å². The number of hydrogen-bond acceptors (Lipinski definition) is 5. The first kappa shape index (κ1) is 14.5. The van der Waals surface area contributed by atoms with Crippen LogP contribution in [0.25, 0.3) is 0 Å². The van der Waals surface area contributed by atoms with Gasteiger partial charge in [0, 0.05) is 18.2 Å². The van der Waals surface area contributed by atoms with Crippen LogP contribution < -0.4 is 10.5 Å². The average molecular weight is 275 g/mol. The summed E-state index contributed by atoms with van der Waals surface area (Å²) >= 11 is 0. The van der Waals surface area contributed by atoms with Crippen LogP contribution in [0.15, 0.2) is 16.7 Å². The Hall–Kier alpha value is -1.88. The molecule has 0 radical (unpaired) electrons. The Morgan fingerprint density at radius 2 is 2.05 bits per heavy atom. The largest absolute Gasteiger partial charge is 0.487 e. The van der Waals surface area contributed by atoms with E-state index in [2.05, 4.69) is 10.1 Å². The second kappa shape index (κ2) is 6.05. The molecule has 0 spiro atoms. The van der Waals surface area contributed by atoms with E-state index in [4.69, 9.17) is 15.0 Å². The molecule has 2 N–H and O–H groups in total. The molecule has 0 aliphatic heterocycles. The van der Waals surface area contributed by atoms with Gasteiger partial charge in [0.25, 0.3) is 0 Å². The standard InChI is InChI=1S/C15H21N3O2/c1-9(16)7-14-15(6-5-10(2)17-14)19-8-13-11(3)18-20-12(13)4/h5-6,9H,7-8,16H2,1-4H3. The number of aromatic nitrogens is 2. The Morgan fingerprint density at radius 1 is 1.30 bits per heavy atom. The molecule has 0 amide bonds. The lowest BCUT2D eigenvalue weighted by atomic mass is 10.1. The molecule has 0 saturated heterocycles. The smallest absolute Gasteiger partial charge is 0.141 e. The lowest BCUT2D eigenvalue weighted by Gasteiger charge is -2.13. The number of aryl methyl sites for hydroxylation is 3.